The van der Waals surface area contributed by atoms with Gasteiger partial charge in [-0.3, -0.25) is 0 Å². The number of nitrogens with zero attached hydrogens (tertiary/aromatic N) is 1. The molecule has 0 aliphatic rings. The Balaban J connectivity index is 2.08. The van der Waals surface area contributed by atoms with E-state index in [1.165, 1.54) is 0 Å². The van der Waals surface area contributed by atoms with Crippen LogP contribution in [0.2, 0.25) is 0 Å². The molecule has 90 valence electrons. The minimum Gasteiger partial charge on any atom is -0.392 e. The smallest absolute Gasteiger partial charge is 0.125 e. The molecule has 2 rings (SSSR count). The molecule has 0 bridgehead atoms. The molecule has 0 fully saturated rings. The molecule has 0 aliphatic carbocycles. The van der Waals surface area contributed by atoms with Crippen molar-refractivity contribution in [2.75, 3.05) is 5.32 Å². The van der Waals surface area contributed by atoms with Crippen LogP contribution in [0.15, 0.2) is 28.9 Å². The van der Waals surface area contributed by atoms with Crippen LogP contribution in [0.25, 0.3) is 0 Å². The summed E-state index contributed by atoms with van der Waals surface area (Å²) < 4.78 is 0.959. The van der Waals surface area contributed by atoms with Crippen LogP contribution in [0.3, 0.4) is 0 Å². The Labute approximate surface area is 108 Å². The van der Waals surface area contributed by atoms with Gasteiger partial charge in [0.15, 0.2) is 0 Å². The number of hydrogen-bond donors (Lipinski definition) is 3. The molecule has 5 heteroatoms. The average molecular weight is 296 g/mol. The molecule has 17 heavy (non-hydrogen) atoms. The van der Waals surface area contributed by atoms with Crippen LogP contribution in [0, 0.1) is 6.92 Å². The van der Waals surface area contributed by atoms with Crippen LogP contribution < -0.4 is 5.32 Å². The zero-order valence-electron chi connectivity index (χ0n) is 9.50. The predicted molar refractivity (Wildman–Crippen MR) is 70.7 cm³/mol. The molecule has 4 nitrogen and oxygen atoms in total. The first-order chi connectivity index (χ1) is 8.19. The maximum atomic E-state index is 9.26. The van der Waals surface area contributed by atoms with Gasteiger partial charge in [-0.25, -0.2) is 4.98 Å². The molecule has 0 atom stereocenters. The summed E-state index contributed by atoms with van der Waals surface area (Å²) >= 11 is 3.38. The number of aryl methyl sites for hydroxylation is 1. The number of hydrogen-bond acceptors (Lipinski definition) is 3. The molecular weight excluding hydrogens is 282 g/mol. The summed E-state index contributed by atoms with van der Waals surface area (Å²) in [6.45, 7) is 2.59. The number of aliphatic hydroxyl groups is 1. The SMILES string of the molecule is Cc1cnc(CNc2ccc(Br)cc2CO)[nH]1. The number of H-pyrrole nitrogens is 1. The number of aromatic nitrogens is 2. The standard InChI is InChI=1S/C12H14BrN3O/c1-8-5-15-12(16-8)6-14-11-3-2-10(13)4-9(11)7-17/h2-5,14,17H,6-7H2,1H3,(H,15,16). The van der Waals surface area contributed by atoms with Gasteiger partial charge in [0, 0.05) is 27.6 Å². The quantitative estimate of drug-likeness (QED) is 0.812. The van der Waals surface area contributed by atoms with Crippen LogP contribution in [-0.2, 0) is 13.2 Å². The lowest BCUT2D eigenvalue weighted by atomic mass is 10.2. The first-order valence-corrected chi connectivity index (χ1v) is 6.12. The Morgan fingerprint density at radius 3 is 2.94 bits per heavy atom. The first-order valence-electron chi connectivity index (χ1n) is 5.32. The summed E-state index contributed by atoms with van der Waals surface area (Å²) in [6.07, 6.45) is 1.80. The molecule has 3 N–H and O–H groups in total. The zero-order chi connectivity index (χ0) is 12.3. The molecule has 2 aromatic rings. The molecule has 0 unspecified atom stereocenters. The third-order valence-corrected chi connectivity index (χ3v) is 2.93. The lowest BCUT2D eigenvalue weighted by Crippen LogP contribution is -2.04. The van der Waals surface area contributed by atoms with Crippen LogP contribution in [-0.4, -0.2) is 15.1 Å². The Morgan fingerprint density at radius 1 is 1.47 bits per heavy atom. The number of imidazole rings is 1. The molecule has 0 saturated heterocycles. The highest BCUT2D eigenvalue weighted by molar-refractivity contribution is 9.10. The van der Waals surface area contributed by atoms with Gasteiger partial charge in [0.2, 0.25) is 0 Å². The summed E-state index contributed by atoms with van der Waals surface area (Å²) in [7, 11) is 0. The molecule has 0 aliphatic heterocycles. The molecule has 0 spiro atoms. The van der Waals surface area contributed by atoms with Crippen molar-refractivity contribution < 1.29 is 5.11 Å². The summed E-state index contributed by atoms with van der Waals surface area (Å²) in [5, 5.41) is 12.5. The van der Waals surface area contributed by atoms with E-state index in [4.69, 9.17) is 0 Å². The third-order valence-electron chi connectivity index (χ3n) is 2.44. The highest BCUT2D eigenvalue weighted by atomic mass is 79.9. The van der Waals surface area contributed by atoms with Crippen molar-refractivity contribution in [1.82, 2.24) is 9.97 Å². The van der Waals surface area contributed by atoms with E-state index in [0.717, 1.165) is 27.2 Å². The Bertz CT molecular complexity index is 510. The van der Waals surface area contributed by atoms with Crippen molar-refractivity contribution in [3.05, 3.63) is 46.0 Å². The fraction of sp³-hybridized carbons (Fsp3) is 0.250. The number of benzene rings is 1. The number of nitrogens with one attached hydrogen (secondary N) is 2. The maximum absolute atomic E-state index is 9.26. The van der Waals surface area contributed by atoms with Crippen molar-refractivity contribution in [2.24, 2.45) is 0 Å². The summed E-state index contributed by atoms with van der Waals surface area (Å²) in [6, 6.07) is 5.77. The Hall–Kier alpha value is -1.33. The molecule has 1 aromatic carbocycles. The number of rotatable bonds is 4. The fourth-order valence-corrected chi connectivity index (χ4v) is 2.01. The van der Waals surface area contributed by atoms with Gasteiger partial charge in [-0.2, -0.15) is 0 Å². The Morgan fingerprint density at radius 2 is 2.29 bits per heavy atom. The molecule has 1 heterocycles. The van der Waals surface area contributed by atoms with E-state index in [1.54, 1.807) is 6.20 Å². The fourth-order valence-electron chi connectivity index (χ4n) is 1.60. The van der Waals surface area contributed by atoms with Gasteiger partial charge in [0.25, 0.3) is 0 Å². The highest BCUT2D eigenvalue weighted by Crippen LogP contribution is 2.21. The minimum absolute atomic E-state index is 0.0129. The van der Waals surface area contributed by atoms with E-state index < -0.39 is 0 Å². The van der Waals surface area contributed by atoms with Crippen molar-refractivity contribution >= 4 is 21.6 Å². The van der Waals surface area contributed by atoms with E-state index in [1.807, 2.05) is 25.1 Å². The van der Waals surface area contributed by atoms with Crippen molar-refractivity contribution in [1.29, 1.82) is 0 Å². The second-order valence-electron chi connectivity index (χ2n) is 3.83. The molecular formula is C12H14BrN3O. The molecule has 0 saturated carbocycles. The van der Waals surface area contributed by atoms with Gasteiger partial charge in [-0.05, 0) is 25.1 Å². The number of anilines is 1. The van der Waals surface area contributed by atoms with Crippen LogP contribution in [0.4, 0.5) is 5.69 Å². The van der Waals surface area contributed by atoms with E-state index in [2.05, 4.69) is 31.2 Å². The third kappa shape index (κ3) is 3.08. The molecule has 0 amide bonds. The number of aromatic amines is 1. The van der Waals surface area contributed by atoms with Crippen LogP contribution in [0.1, 0.15) is 17.1 Å². The lowest BCUT2D eigenvalue weighted by molar-refractivity contribution is 0.282. The second-order valence-corrected chi connectivity index (χ2v) is 4.74. The van der Waals surface area contributed by atoms with Crippen molar-refractivity contribution in [3.63, 3.8) is 0 Å². The van der Waals surface area contributed by atoms with Gasteiger partial charge in [0.1, 0.15) is 5.82 Å². The van der Waals surface area contributed by atoms with Crippen LogP contribution in [0.5, 0.6) is 0 Å². The molecule has 1 aromatic heterocycles. The minimum atomic E-state index is 0.0129. The lowest BCUT2D eigenvalue weighted by Gasteiger charge is -2.09. The van der Waals surface area contributed by atoms with E-state index >= 15 is 0 Å². The van der Waals surface area contributed by atoms with Crippen molar-refractivity contribution in [2.45, 2.75) is 20.1 Å². The maximum Gasteiger partial charge on any atom is 0.125 e. The Kier molecular flexibility index (Phi) is 3.81. The van der Waals surface area contributed by atoms with Gasteiger partial charge >= 0.3 is 0 Å². The number of halogens is 1. The van der Waals surface area contributed by atoms with E-state index in [0.29, 0.717) is 6.54 Å². The second kappa shape index (κ2) is 5.33. The average Bonchev–Trinajstić information content (AvgIpc) is 2.73. The number of aliphatic hydroxyl groups excluding tert-OH is 1. The topological polar surface area (TPSA) is 60.9 Å². The van der Waals surface area contributed by atoms with Gasteiger partial charge in [-0.1, -0.05) is 15.9 Å². The zero-order valence-corrected chi connectivity index (χ0v) is 11.1. The largest absolute Gasteiger partial charge is 0.392 e. The summed E-state index contributed by atoms with van der Waals surface area (Å²) in [4.78, 5) is 7.36. The summed E-state index contributed by atoms with van der Waals surface area (Å²) in [5.74, 6) is 0.884. The summed E-state index contributed by atoms with van der Waals surface area (Å²) in [5.41, 5.74) is 2.83. The van der Waals surface area contributed by atoms with Gasteiger partial charge < -0.3 is 15.4 Å². The monoisotopic (exact) mass is 295 g/mol. The highest BCUT2D eigenvalue weighted by Gasteiger charge is 2.03. The van der Waals surface area contributed by atoms with Crippen LogP contribution >= 0.6 is 15.9 Å². The first kappa shape index (κ1) is 12.1. The van der Waals surface area contributed by atoms with Gasteiger partial charge in [-0.15, -0.1) is 0 Å². The predicted octanol–water partition coefficient (Wildman–Crippen LogP) is 2.59. The van der Waals surface area contributed by atoms with E-state index in [-0.39, 0.29) is 6.61 Å². The normalized spacial score (nSPS) is 10.5. The van der Waals surface area contributed by atoms with Gasteiger partial charge in [0.05, 0.1) is 13.2 Å². The van der Waals surface area contributed by atoms with Crippen molar-refractivity contribution in [3.8, 4) is 0 Å². The molecule has 0 radical (unpaired) electrons. The van der Waals surface area contributed by atoms with E-state index in [9.17, 15) is 5.11 Å².